The number of benzene rings is 1. The maximum Gasteiger partial charge on any atom is 0.244 e. The Hall–Kier alpha value is -1.35. The quantitative estimate of drug-likeness (QED) is 0.902. The molecule has 1 saturated heterocycles. The van der Waals surface area contributed by atoms with E-state index in [0.29, 0.717) is 0 Å². The van der Waals surface area contributed by atoms with Gasteiger partial charge >= 0.3 is 0 Å². The lowest BCUT2D eigenvalue weighted by Crippen LogP contribution is -2.43. The molecule has 0 aliphatic carbocycles. The molecule has 0 saturated carbocycles. The zero-order chi connectivity index (χ0) is 14.0. The zero-order valence-corrected chi connectivity index (χ0v) is 12.4. The van der Waals surface area contributed by atoms with Crippen molar-refractivity contribution >= 4 is 5.91 Å². The number of hydrogen-bond acceptors (Lipinski definition) is 2. The highest BCUT2D eigenvalue weighted by Crippen LogP contribution is 2.33. The van der Waals surface area contributed by atoms with Crippen molar-refractivity contribution in [2.75, 3.05) is 6.54 Å². The molecule has 1 heterocycles. The Kier molecular flexibility index (Phi) is 3.95. The number of aryl methyl sites for hydroxylation is 1. The summed E-state index contributed by atoms with van der Waals surface area (Å²) in [4.78, 5) is 14.6. The predicted octanol–water partition coefficient (Wildman–Crippen LogP) is 3.00. The van der Waals surface area contributed by atoms with Gasteiger partial charge < -0.3 is 4.90 Å². The van der Waals surface area contributed by atoms with Gasteiger partial charge in [-0.2, -0.15) is 0 Å². The van der Waals surface area contributed by atoms with E-state index in [0.717, 1.165) is 19.4 Å². The molecule has 0 bridgehead atoms. The molecule has 104 valence electrons. The van der Waals surface area contributed by atoms with Gasteiger partial charge in [-0.05, 0) is 37.8 Å². The van der Waals surface area contributed by atoms with Crippen LogP contribution in [0.4, 0.5) is 0 Å². The third-order valence-electron chi connectivity index (χ3n) is 4.15. The van der Waals surface area contributed by atoms with E-state index in [9.17, 15) is 4.79 Å². The van der Waals surface area contributed by atoms with Gasteiger partial charge in [-0.1, -0.05) is 38.1 Å². The molecule has 2 unspecified atom stereocenters. The number of carbonyl (C=O) groups is 1. The Morgan fingerprint density at radius 3 is 2.58 bits per heavy atom. The van der Waals surface area contributed by atoms with Crippen molar-refractivity contribution in [3.05, 3.63) is 35.4 Å². The molecule has 1 N–H and O–H groups in total. The minimum Gasteiger partial charge on any atom is -0.321 e. The van der Waals surface area contributed by atoms with Gasteiger partial charge in [0.2, 0.25) is 5.91 Å². The van der Waals surface area contributed by atoms with Crippen LogP contribution in [0.3, 0.4) is 0 Å². The number of nitrogens with zero attached hydrogens (tertiary/aromatic N) is 1. The lowest BCUT2D eigenvalue weighted by Gasteiger charge is -2.25. The van der Waals surface area contributed by atoms with Crippen LogP contribution in [0.15, 0.2) is 24.3 Å². The van der Waals surface area contributed by atoms with Crippen molar-refractivity contribution in [3.8, 4) is 0 Å². The van der Waals surface area contributed by atoms with Gasteiger partial charge in [-0.3, -0.25) is 10.1 Å². The number of carbonyl (C=O) groups excluding carboxylic acids is 1. The van der Waals surface area contributed by atoms with Crippen LogP contribution in [0.5, 0.6) is 0 Å². The molecule has 1 aliphatic rings. The van der Waals surface area contributed by atoms with E-state index >= 15 is 0 Å². The van der Waals surface area contributed by atoms with Gasteiger partial charge in [-0.25, -0.2) is 0 Å². The van der Waals surface area contributed by atoms with Crippen LogP contribution in [-0.2, 0) is 4.79 Å². The van der Waals surface area contributed by atoms with E-state index in [-0.39, 0.29) is 12.1 Å². The van der Waals surface area contributed by atoms with Crippen LogP contribution in [-0.4, -0.2) is 22.9 Å². The molecule has 0 aromatic heterocycles. The Bertz CT molecular complexity index is 472. The van der Waals surface area contributed by atoms with Crippen molar-refractivity contribution in [2.24, 2.45) is 0 Å². The fourth-order valence-electron chi connectivity index (χ4n) is 2.74. The summed E-state index contributed by atoms with van der Waals surface area (Å²) in [6.07, 6.45) is 1.81. The standard InChI is InChI=1S/C16H24N2O/c1-5-11-18-14(13-10-8-7-9-12(13)3)17-16(4,6-2)15(18)19/h7-10,14,17H,5-6,11H2,1-4H3. The molecule has 19 heavy (non-hydrogen) atoms. The van der Waals surface area contributed by atoms with Gasteiger partial charge in [0.05, 0.1) is 5.54 Å². The topological polar surface area (TPSA) is 32.3 Å². The van der Waals surface area contributed by atoms with Crippen LogP contribution in [0.2, 0.25) is 0 Å². The second-order valence-corrected chi connectivity index (χ2v) is 5.59. The smallest absolute Gasteiger partial charge is 0.244 e. The summed E-state index contributed by atoms with van der Waals surface area (Å²) >= 11 is 0. The van der Waals surface area contributed by atoms with Gasteiger partial charge in [0.1, 0.15) is 6.17 Å². The Balaban J connectivity index is 2.39. The maximum absolute atomic E-state index is 12.6. The van der Waals surface area contributed by atoms with Gasteiger partial charge in [0.15, 0.2) is 0 Å². The fraction of sp³-hybridized carbons (Fsp3) is 0.562. The SMILES string of the molecule is CCCN1C(=O)C(C)(CC)NC1c1ccccc1C. The summed E-state index contributed by atoms with van der Waals surface area (Å²) < 4.78 is 0. The van der Waals surface area contributed by atoms with Crippen LogP contribution in [0.25, 0.3) is 0 Å². The average Bonchev–Trinajstić information content (AvgIpc) is 2.65. The summed E-state index contributed by atoms with van der Waals surface area (Å²) in [6, 6.07) is 8.30. The Morgan fingerprint density at radius 2 is 2.00 bits per heavy atom. The van der Waals surface area contributed by atoms with Crippen LogP contribution >= 0.6 is 0 Å². The molecule has 0 radical (unpaired) electrons. The van der Waals surface area contributed by atoms with E-state index in [1.54, 1.807) is 0 Å². The summed E-state index contributed by atoms with van der Waals surface area (Å²) in [5.74, 6) is 0.227. The Labute approximate surface area is 116 Å². The first-order chi connectivity index (χ1) is 9.03. The minimum absolute atomic E-state index is 0.0126. The molecule has 1 fully saturated rings. The van der Waals surface area contributed by atoms with Crippen LogP contribution in [0, 0.1) is 6.92 Å². The highest BCUT2D eigenvalue weighted by molar-refractivity contribution is 5.88. The average molecular weight is 260 g/mol. The first-order valence-corrected chi connectivity index (χ1v) is 7.17. The van der Waals surface area contributed by atoms with Crippen molar-refractivity contribution in [3.63, 3.8) is 0 Å². The van der Waals surface area contributed by atoms with E-state index in [2.05, 4.69) is 38.2 Å². The first-order valence-electron chi connectivity index (χ1n) is 7.17. The van der Waals surface area contributed by atoms with Crippen molar-refractivity contribution in [1.29, 1.82) is 0 Å². The second-order valence-electron chi connectivity index (χ2n) is 5.59. The third kappa shape index (κ3) is 2.39. The molecule has 1 aromatic rings. The van der Waals surface area contributed by atoms with Crippen molar-refractivity contribution in [2.45, 2.75) is 52.2 Å². The molecule has 3 nitrogen and oxygen atoms in total. The highest BCUT2D eigenvalue weighted by Gasteiger charge is 2.46. The molecule has 1 aliphatic heterocycles. The number of hydrogen-bond donors (Lipinski definition) is 1. The van der Waals surface area contributed by atoms with Crippen molar-refractivity contribution < 1.29 is 4.79 Å². The maximum atomic E-state index is 12.6. The molecular weight excluding hydrogens is 236 g/mol. The lowest BCUT2D eigenvalue weighted by molar-refractivity contribution is -0.133. The van der Waals surface area contributed by atoms with E-state index in [4.69, 9.17) is 0 Å². The van der Waals surface area contributed by atoms with Crippen molar-refractivity contribution in [1.82, 2.24) is 10.2 Å². The molecule has 2 atom stereocenters. The summed E-state index contributed by atoms with van der Waals surface area (Å²) in [5.41, 5.74) is 2.01. The molecular formula is C16H24N2O. The predicted molar refractivity (Wildman–Crippen MR) is 77.8 cm³/mol. The summed E-state index contributed by atoms with van der Waals surface area (Å²) in [5, 5.41) is 3.54. The van der Waals surface area contributed by atoms with Gasteiger partial charge in [0.25, 0.3) is 0 Å². The first kappa shape index (κ1) is 14.1. The minimum atomic E-state index is -0.428. The molecule has 0 spiro atoms. The van der Waals surface area contributed by atoms with Gasteiger partial charge in [0, 0.05) is 6.54 Å². The normalized spacial score (nSPS) is 27.1. The van der Waals surface area contributed by atoms with E-state index < -0.39 is 5.54 Å². The monoisotopic (exact) mass is 260 g/mol. The molecule has 2 rings (SSSR count). The highest BCUT2D eigenvalue weighted by atomic mass is 16.2. The van der Waals surface area contributed by atoms with Crippen LogP contribution < -0.4 is 5.32 Å². The number of rotatable bonds is 4. The largest absolute Gasteiger partial charge is 0.321 e. The van der Waals surface area contributed by atoms with E-state index in [1.165, 1.54) is 11.1 Å². The van der Waals surface area contributed by atoms with Crippen LogP contribution in [0.1, 0.15) is 50.9 Å². The summed E-state index contributed by atoms with van der Waals surface area (Å²) in [7, 11) is 0. The van der Waals surface area contributed by atoms with Gasteiger partial charge in [-0.15, -0.1) is 0 Å². The zero-order valence-electron chi connectivity index (χ0n) is 12.4. The number of amides is 1. The fourth-order valence-corrected chi connectivity index (χ4v) is 2.74. The molecule has 1 aromatic carbocycles. The third-order valence-corrected chi connectivity index (χ3v) is 4.15. The lowest BCUT2D eigenvalue weighted by atomic mass is 9.99. The summed E-state index contributed by atoms with van der Waals surface area (Å²) in [6.45, 7) is 9.10. The Morgan fingerprint density at radius 1 is 1.32 bits per heavy atom. The molecule has 3 heteroatoms. The second kappa shape index (κ2) is 5.33. The van der Waals surface area contributed by atoms with E-state index in [1.807, 2.05) is 24.0 Å². The molecule has 1 amide bonds. The number of nitrogens with one attached hydrogen (secondary N) is 1.